The standard InChI is InChI=1S/C24H38O3/c1-16(2)20-13-18(9-11-21(20)26-8)10-12-22-23(5,6)14-19(27-17(3)4)15-24(22,7)25/h9,11,13,15-17,22,25H,10,12,14H2,1-8H3. The summed E-state index contributed by atoms with van der Waals surface area (Å²) in [4.78, 5) is 0. The topological polar surface area (TPSA) is 38.7 Å². The fourth-order valence-electron chi connectivity index (χ4n) is 4.60. The Kier molecular flexibility index (Phi) is 6.68. The Bertz CT molecular complexity index is 668. The Morgan fingerprint density at radius 2 is 1.81 bits per heavy atom. The number of allylic oxidation sites excluding steroid dienone is 1. The third kappa shape index (κ3) is 5.28. The molecule has 0 heterocycles. The van der Waals surface area contributed by atoms with Crippen molar-refractivity contribution in [2.24, 2.45) is 11.3 Å². The van der Waals surface area contributed by atoms with Crippen LogP contribution in [-0.4, -0.2) is 23.9 Å². The van der Waals surface area contributed by atoms with Crippen LogP contribution in [0.1, 0.15) is 78.4 Å². The molecule has 1 aliphatic carbocycles. The van der Waals surface area contributed by atoms with Crippen LogP contribution in [0.5, 0.6) is 5.75 Å². The minimum atomic E-state index is -0.862. The summed E-state index contributed by atoms with van der Waals surface area (Å²) in [6.07, 6.45) is 4.83. The summed E-state index contributed by atoms with van der Waals surface area (Å²) in [7, 11) is 1.73. The number of ether oxygens (including phenoxy) is 2. The molecule has 0 fully saturated rings. The molecule has 3 nitrogen and oxygen atoms in total. The van der Waals surface area contributed by atoms with Crippen LogP contribution in [0.4, 0.5) is 0 Å². The van der Waals surface area contributed by atoms with Crippen molar-refractivity contribution in [3.8, 4) is 5.75 Å². The van der Waals surface area contributed by atoms with Crippen molar-refractivity contribution in [2.75, 3.05) is 7.11 Å². The smallest absolute Gasteiger partial charge is 0.122 e. The van der Waals surface area contributed by atoms with Gasteiger partial charge >= 0.3 is 0 Å². The zero-order valence-corrected chi connectivity index (χ0v) is 18.4. The number of aliphatic hydroxyl groups is 1. The van der Waals surface area contributed by atoms with Crippen molar-refractivity contribution in [3.63, 3.8) is 0 Å². The van der Waals surface area contributed by atoms with E-state index in [2.05, 4.69) is 45.9 Å². The highest BCUT2D eigenvalue weighted by Gasteiger charge is 2.45. The Hall–Kier alpha value is -1.48. The van der Waals surface area contributed by atoms with Crippen LogP contribution < -0.4 is 4.74 Å². The Morgan fingerprint density at radius 3 is 2.33 bits per heavy atom. The highest BCUT2D eigenvalue weighted by atomic mass is 16.5. The number of hydrogen-bond acceptors (Lipinski definition) is 3. The van der Waals surface area contributed by atoms with Gasteiger partial charge in [-0.15, -0.1) is 0 Å². The Balaban J connectivity index is 2.19. The maximum atomic E-state index is 11.2. The largest absolute Gasteiger partial charge is 0.496 e. The second kappa shape index (κ2) is 8.26. The highest BCUT2D eigenvalue weighted by molar-refractivity contribution is 5.39. The number of hydrogen-bond donors (Lipinski definition) is 1. The molecular formula is C24H38O3. The maximum absolute atomic E-state index is 11.2. The summed E-state index contributed by atoms with van der Waals surface area (Å²) < 4.78 is 11.4. The number of benzene rings is 1. The molecule has 0 amide bonds. The zero-order chi connectivity index (χ0) is 20.4. The first-order chi connectivity index (χ1) is 12.5. The van der Waals surface area contributed by atoms with E-state index in [0.717, 1.165) is 30.8 Å². The van der Waals surface area contributed by atoms with Gasteiger partial charge in [-0.1, -0.05) is 39.8 Å². The average Bonchev–Trinajstić information content (AvgIpc) is 2.51. The van der Waals surface area contributed by atoms with Gasteiger partial charge in [-0.05, 0) is 74.1 Å². The van der Waals surface area contributed by atoms with Crippen LogP contribution >= 0.6 is 0 Å². The van der Waals surface area contributed by atoms with Gasteiger partial charge < -0.3 is 14.6 Å². The molecule has 0 saturated carbocycles. The second-order valence-corrected chi connectivity index (χ2v) is 9.49. The predicted molar refractivity (Wildman–Crippen MR) is 112 cm³/mol. The van der Waals surface area contributed by atoms with E-state index in [0.29, 0.717) is 5.92 Å². The average molecular weight is 375 g/mol. The van der Waals surface area contributed by atoms with E-state index < -0.39 is 5.60 Å². The molecule has 1 aromatic carbocycles. The normalized spacial score (nSPS) is 24.9. The van der Waals surface area contributed by atoms with E-state index in [1.165, 1.54) is 11.1 Å². The van der Waals surface area contributed by atoms with Crippen molar-refractivity contribution in [3.05, 3.63) is 41.2 Å². The Morgan fingerprint density at radius 1 is 1.15 bits per heavy atom. The fraction of sp³-hybridized carbons (Fsp3) is 0.667. The first kappa shape index (κ1) is 21.8. The molecule has 3 heteroatoms. The van der Waals surface area contributed by atoms with E-state index in [1.54, 1.807) is 7.11 Å². The summed E-state index contributed by atoms with van der Waals surface area (Å²) in [6, 6.07) is 6.49. The van der Waals surface area contributed by atoms with Gasteiger partial charge in [0, 0.05) is 6.42 Å². The Labute approximate surface area is 165 Å². The molecule has 152 valence electrons. The predicted octanol–water partition coefficient (Wildman–Crippen LogP) is 5.86. The van der Waals surface area contributed by atoms with Gasteiger partial charge in [0.2, 0.25) is 0 Å². The lowest BCUT2D eigenvalue weighted by atomic mass is 9.62. The summed E-state index contributed by atoms with van der Waals surface area (Å²) in [5, 5.41) is 11.2. The molecule has 0 aromatic heterocycles. The quantitative estimate of drug-likeness (QED) is 0.650. The van der Waals surface area contributed by atoms with E-state index in [1.807, 2.05) is 26.8 Å². The van der Waals surface area contributed by atoms with Crippen molar-refractivity contribution in [2.45, 2.75) is 85.4 Å². The molecule has 0 radical (unpaired) electrons. The van der Waals surface area contributed by atoms with Gasteiger partial charge in [-0.3, -0.25) is 0 Å². The molecule has 0 aliphatic heterocycles. The minimum Gasteiger partial charge on any atom is -0.496 e. The van der Waals surface area contributed by atoms with Gasteiger partial charge in [0.25, 0.3) is 0 Å². The van der Waals surface area contributed by atoms with Crippen molar-refractivity contribution >= 4 is 0 Å². The SMILES string of the molecule is COc1ccc(CCC2C(C)(O)C=C(OC(C)C)CC2(C)C)cc1C(C)C. The van der Waals surface area contributed by atoms with Crippen LogP contribution in [0.25, 0.3) is 0 Å². The minimum absolute atomic E-state index is 0.0180. The maximum Gasteiger partial charge on any atom is 0.122 e. The van der Waals surface area contributed by atoms with Crippen LogP contribution in [0.3, 0.4) is 0 Å². The van der Waals surface area contributed by atoms with Crippen molar-refractivity contribution < 1.29 is 14.6 Å². The lowest BCUT2D eigenvalue weighted by molar-refractivity contribution is -0.0468. The van der Waals surface area contributed by atoms with Crippen molar-refractivity contribution in [1.82, 2.24) is 0 Å². The van der Waals surface area contributed by atoms with Crippen molar-refractivity contribution in [1.29, 1.82) is 0 Å². The van der Waals surface area contributed by atoms with Crippen LogP contribution in [0, 0.1) is 11.3 Å². The van der Waals surface area contributed by atoms with Gasteiger partial charge in [0.15, 0.2) is 0 Å². The molecule has 1 aromatic rings. The van der Waals surface area contributed by atoms with Gasteiger partial charge in [0.1, 0.15) is 5.75 Å². The third-order valence-electron chi connectivity index (χ3n) is 5.76. The van der Waals surface area contributed by atoms with E-state index in [4.69, 9.17) is 9.47 Å². The van der Waals surface area contributed by atoms with Gasteiger partial charge in [-0.2, -0.15) is 0 Å². The molecule has 1 N–H and O–H groups in total. The summed E-state index contributed by atoms with van der Waals surface area (Å²) in [5.41, 5.74) is 1.67. The molecule has 0 saturated heterocycles. The zero-order valence-electron chi connectivity index (χ0n) is 18.4. The molecule has 0 spiro atoms. The summed E-state index contributed by atoms with van der Waals surface area (Å²) >= 11 is 0. The van der Waals surface area contributed by atoms with Crippen LogP contribution in [0.15, 0.2) is 30.0 Å². The van der Waals surface area contributed by atoms with Crippen LogP contribution in [0.2, 0.25) is 0 Å². The first-order valence-electron chi connectivity index (χ1n) is 10.2. The second-order valence-electron chi connectivity index (χ2n) is 9.49. The molecule has 2 atom stereocenters. The summed E-state index contributed by atoms with van der Waals surface area (Å²) in [6.45, 7) is 14.9. The number of rotatable bonds is 7. The highest BCUT2D eigenvalue weighted by Crippen LogP contribution is 2.48. The lowest BCUT2D eigenvalue weighted by Crippen LogP contribution is -2.46. The number of methoxy groups -OCH3 is 1. The van der Waals surface area contributed by atoms with E-state index >= 15 is 0 Å². The molecular weight excluding hydrogens is 336 g/mol. The molecule has 2 unspecified atom stereocenters. The molecule has 2 rings (SSSR count). The van der Waals surface area contributed by atoms with Gasteiger partial charge in [-0.25, -0.2) is 0 Å². The van der Waals surface area contributed by atoms with E-state index in [-0.39, 0.29) is 17.4 Å². The van der Waals surface area contributed by atoms with E-state index in [9.17, 15) is 5.11 Å². The molecule has 27 heavy (non-hydrogen) atoms. The van der Waals surface area contributed by atoms with Gasteiger partial charge in [0.05, 0.1) is 24.6 Å². The third-order valence-corrected chi connectivity index (χ3v) is 5.76. The molecule has 1 aliphatic rings. The first-order valence-corrected chi connectivity index (χ1v) is 10.2. The number of aryl methyl sites for hydroxylation is 1. The summed E-state index contributed by atoms with van der Waals surface area (Å²) in [5.74, 6) is 2.47. The lowest BCUT2D eigenvalue weighted by Gasteiger charge is -2.46. The van der Waals surface area contributed by atoms with Crippen LogP contribution in [-0.2, 0) is 11.2 Å². The fourth-order valence-corrected chi connectivity index (χ4v) is 4.60. The monoisotopic (exact) mass is 374 g/mol. The molecule has 0 bridgehead atoms.